The van der Waals surface area contributed by atoms with E-state index in [0.717, 1.165) is 27.0 Å². The van der Waals surface area contributed by atoms with Crippen molar-refractivity contribution in [1.82, 2.24) is 9.97 Å². The highest BCUT2D eigenvalue weighted by atomic mass is 32.1. The van der Waals surface area contributed by atoms with Gasteiger partial charge in [0.15, 0.2) is 0 Å². The summed E-state index contributed by atoms with van der Waals surface area (Å²) in [5.41, 5.74) is 3.10. The van der Waals surface area contributed by atoms with Gasteiger partial charge in [0.2, 0.25) is 0 Å². The van der Waals surface area contributed by atoms with Gasteiger partial charge in [-0.1, -0.05) is 12.1 Å². The molecule has 28 heavy (non-hydrogen) atoms. The van der Waals surface area contributed by atoms with Gasteiger partial charge in [-0.2, -0.15) is 0 Å². The van der Waals surface area contributed by atoms with Crippen LogP contribution in [0.5, 0.6) is 0 Å². The van der Waals surface area contributed by atoms with Crippen LogP contribution < -0.4 is 5.32 Å². The number of thiophene rings is 1. The molecule has 0 atom stereocenters. The number of halogens is 1. The molecule has 0 amide bonds. The van der Waals surface area contributed by atoms with Crippen LogP contribution >= 0.6 is 11.3 Å². The maximum absolute atomic E-state index is 13.3. The second kappa shape index (κ2) is 7.74. The minimum absolute atomic E-state index is 0.278. The Morgan fingerprint density at radius 2 is 1.86 bits per heavy atom. The molecular formula is C21H16FN3O2S. The maximum Gasteiger partial charge on any atom is 0.338 e. The van der Waals surface area contributed by atoms with Crippen LogP contribution in [0.1, 0.15) is 17.3 Å². The zero-order chi connectivity index (χ0) is 19.5. The first kappa shape index (κ1) is 18.1. The van der Waals surface area contributed by atoms with E-state index in [-0.39, 0.29) is 11.8 Å². The Hall–Kier alpha value is -3.32. The van der Waals surface area contributed by atoms with E-state index in [1.54, 1.807) is 43.3 Å². The Morgan fingerprint density at radius 1 is 1.11 bits per heavy atom. The molecule has 0 unspecified atom stereocenters. The average molecular weight is 393 g/mol. The van der Waals surface area contributed by atoms with Crippen LogP contribution in [-0.4, -0.2) is 22.5 Å². The summed E-state index contributed by atoms with van der Waals surface area (Å²) in [5, 5.41) is 6.14. The van der Waals surface area contributed by atoms with Gasteiger partial charge in [0.25, 0.3) is 0 Å². The average Bonchev–Trinajstić information content (AvgIpc) is 3.14. The van der Waals surface area contributed by atoms with E-state index in [4.69, 9.17) is 4.74 Å². The Morgan fingerprint density at radius 3 is 2.57 bits per heavy atom. The topological polar surface area (TPSA) is 64.1 Å². The van der Waals surface area contributed by atoms with Crippen molar-refractivity contribution in [2.24, 2.45) is 0 Å². The number of aromatic nitrogens is 2. The van der Waals surface area contributed by atoms with Crippen LogP contribution in [0.2, 0.25) is 0 Å². The number of rotatable bonds is 5. The van der Waals surface area contributed by atoms with Crippen molar-refractivity contribution in [2.75, 3.05) is 11.9 Å². The fourth-order valence-electron chi connectivity index (χ4n) is 2.85. The summed E-state index contributed by atoms with van der Waals surface area (Å²) in [5.74, 6) is 0.0175. The standard InChI is InChI=1S/C21H16FN3O2S/c1-2-27-21(26)14-5-9-16(10-6-14)25-19-18-17(11-28-20(18)24-12-23-19)13-3-7-15(22)8-4-13/h3-12H,2H2,1H3,(H,23,24,25). The van der Waals surface area contributed by atoms with Crippen molar-refractivity contribution in [3.63, 3.8) is 0 Å². The first-order chi connectivity index (χ1) is 13.7. The molecule has 0 saturated carbocycles. The van der Waals surface area contributed by atoms with Gasteiger partial charge in [-0.25, -0.2) is 19.2 Å². The maximum atomic E-state index is 13.3. The molecule has 0 spiro atoms. The van der Waals surface area contributed by atoms with Gasteiger partial charge in [-0.15, -0.1) is 11.3 Å². The van der Waals surface area contributed by atoms with Crippen LogP contribution in [0.25, 0.3) is 21.3 Å². The lowest BCUT2D eigenvalue weighted by Gasteiger charge is -2.09. The summed E-state index contributed by atoms with van der Waals surface area (Å²) < 4.78 is 18.3. The van der Waals surface area contributed by atoms with E-state index in [1.807, 2.05) is 5.38 Å². The Bertz CT molecular complexity index is 1120. The van der Waals surface area contributed by atoms with Gasteiger partial charge in [-0.3, -0.25) is 0 Å². The van der Waals surface area contributed by atoms with Gasteiger partial charge in [0.05, 0.1) is 17.6 Å². The molecule has 0 saturated heterocycles. The van der Waals surface area contributed by atoms with Crippen molar-refractivity contribution >= 4 is 39.0 Å². The number of hydrogen-bond donors (Lipinski definition) is 1. The lowest BCUT2D eigenvalue weighted by atomic mass is 10.1. The van der Waals surface area contributed by atoms with E-state index in [0.29, 0.717) is 18.0 Å². The third-order valence-corrected chi connectivity index (χ3v) is 5.07. The van der Waals surface area contributed by atoms with Gasteiger partial charge in [-0.05, 0) is 48.9 Å². The van der Waals surface area contributed by atoms with E-state index >= 15 is 0 Å². The lowest BCUT2D eigenvalue weighted by Crippen LogP contribution is -2.04. The molecule has 140 valence electrons. The molecule has 2 aromatic carbocycles. The summed E-state index contributed by atoms with van der Waals surface area (Å²) in [6.45, 7) is 2.11. The Labute approximate surface area is 164 Å². The van der Waals surface area contributed by atoms with Crippen LogP contribution in [0.4, 0.5) is 15.9 Å². The number of fused-ring (bicyclic) bond motifs is 1. The fraction of sp³-hybridized carbons (Fsp3) is 0.0952. The summed E-state index contributed by atoms with van der Waals surface area (Å²) in [7, 11) is 0. The smallest absolute Gasteiger partial charge is 0.338 e. The molecule has 0 fully saturated rings. The molecule has 0 aliphatic heterocycles. The van der Waals surface area contributed by atoms with Gasteiger partial charge < -0.3 is 10.1 Å². The van der Waals surface area contributed by atoms with Gasteiger partial charge in [0.1, 0.15) is 22.8 Å². The Kier molecular flexibility index (Phi) is 4.99. The van der Waals surface area contributed by atoms with E-state index in [9.17, 15) is 9.18 Å². The second-order valence-electron chi connectivity index (χ2n) is 5.98. The number of carbonyl (C=O) groups is 1. The molecule has 0 radical (unpaired) electrons. The molecular weight excluding hydrogens is 377 g/mol. The quantitative estimate of drug-likeness (QED) is 0.459. The largest absolute Gasteiger partial charge is 0.462 e. The van der Waals surface area contributed by atoms with Crippen molar-refractivity contribution in [3.8, 4) is 11.1 Å². The minimum Gasteiger partial charge on any atom is -0.462 e. The molecule has 2 heterocycles. The molecule has 0 bridgehead atoms. The lowest BCUT2D eigenvalue weighted by molar-refractivity contribution is 0.0526. The SMILES string of the molecule is CCOC(=O)c1ccc(Nc2ncnc3scc(-c4ccc(F)cc4)c23)cc1. The van der Waals surface area contributed by atoms with Crippen molar-refractivity contribution in [3.05, 3.63) is 71.6 Å². The number of ether oxygens (including phenoxy) is 1. The monoisotopic (exact) mass is 393 g/mol. The first-order valence-electron chi connectivity index (χ1n) is 8.68. The fourth-order valence-corrected chi connectivity index (χ4v) is 3.77. The van der Waals surface area contributed by atoms with Crippen molar-refractivity contribution < 1.29 is 13.9 Å². The Balaban J connectivity index is 1.68. The van der Waals surface area contributed by atoms with Crippen LogP contribution in [0.15, 0.2) is 60.2 Å². The van der Waals surface area contributed by atoms with E-state index in [1.165, 1.54) is 29.8 Å². The van der Waals surface area contributed by atoms with Crippen molar-refractivity contribution in [1.29, 1.82) is 0 Å². The first-order valence-corrected chi connectivity index (χ1v) is 9.56. The predicted molar refractivity (Wildman–Crippen MR) is 108 cm³/mol. The number of esters is 1. The highest BCUT2D eigenvalue weighted by Gasteiger charge is 2.14. The molecule has 0 aliphatic rings. The zero-order valence-corrected chi connectivity index (χ0v) is 15.8. The number of carbonyl (C=O) groups excluding carboxylic acids is 1. The second-order valence-corrected chi connectivity index (χ2v) is 6.84. The molecule has 2 aromatic heterocycles. The minimum atomic E-state index is -0.352. The van der Waals surface area contributed by atoms with E-state index in [2.05, 4.69) is 15.3 Å². The third kappa shape index (κ3) is 3.57. The number of nitrogens with zero attached hydrogens (tertiary/aromatic N) is 2. The predicted octanol–water partition coefficient (Wildman–Crippen LogP) is 5.42. The summed E-state index contributed by atoms with van der Waals surface area (Å²) in [6, 6.07) is 13.3. The molecule has 0 aliphatic carbocycles. The molecule has 4 rings (SSSR count). The molecule has 5 nitrogen and oxygen atoms in total. The number of hydrogen-bond acceptors (Lipinski definition) is 6. The number of anilines is 2. The summed E-state index contributed by atoms with van der Waals surface area (Å²) >= 11 is 1.50. The van der Waals surface area contributed by atoms with Gasteiger partial charge >= 0.3 is 5.97 Å². The highest BCUT2D eigenvalue weighted by Crippen LogP contribution is 2.37. The normalized spacial score (nSPS) is 10.8. The molecule has 7 heteroatoms. The van der Waals surface area contributed by atoms with Crippen molar-refractivity contribution in [2.45, 2.75) is 6.92 Å². The van der Waals surface area contributed by atoms with E-state index < -0.39 is 0 Å². The van der Waals surface area contributed by atoms with Crippen LogP contribution in [0.3, 0.4) is 0 Å². The van der Waals surface area contributed by atoms with Crippen LogP contribution in [-0.2, 0) is 4.74 Å². The third-order valence-electron chi connectivity index (χ3n) is 4.18. The van der Waals surface area contributed by atoms with Gasteiger partial charge in [0, 0.05) is 16.6 Å². The highest BCUT2D eigenvalue weighted by molar-refractivity contribution is 7.17. The zero-order valence-electron chi connectivity index (χ0n) is 15.0. The summed E-state index contributed by atoms with van der Waals surface area (Å²) in [4.78, 5) is 21.3. The number of benzene rings is 2. The molecule has 4 aromatic rings. The summed E-state index contributed by atoms with van der Waals surface area (Å²) in [6.07, 6.45) is 1.50. The molecule has 1 N–H and O–H groups in total. The number of nitrogens with one attached hydrogen (secondary N) is 1. The van der Waals surface area contributed by atoms with Crippen LogP contribution in [0, 0.1) is 5.82 Å².